The summed E-state index contributed by atoms with van der Waals surface area (Å²) in [5, 5.41) is 3.17. The monoisotopic (exact) mass is 496 g/mol. The van der Waals surface area contributed by atoms with E-state index in [4.69, 9.17) is 27.8 Å². The van der Waals surface area contributed by atoms with Crippen molar-refractivity contribution in [1.82, 2.24) is 5.32 Å². The molecule has 3 aromatic rings. The minimum Gasteiger partial charge on any atom is -0.399 e. The van der Waals surface area contributed by atoms with Gasteiger partial charge in [-0.15, -0.1) is 0 Å². The number of hydrogen-bond acceptors (Lipinski definition) is 4. The van der Waals surface area contributed by atoms with Crippen LogP contribution in [0.4, 0.5) is 25.0 Å². The number of hydrogen-bond donors (Lipinski definition) is 3. The van der Waals surface area contributed by atoms with Crippen molar-refractivity contribution in [2.75, 3.05) is 23.8 Å². The summed E-state index contributed by atoms with van der Waals surface area (Å²) in [6.45, 7) is 0.304. The number of carbonyl (C=O) groups excluding carboxylic acids is 2. The SMILES string of the molecule is NC(=O)N1CC2(OCC2c2cc(N)cc3c2C(c2cc(F)ccc2Cl)NC3=O)c2cc(F)ccc21. The number of nitrogen functional groups attached to an aromatic ring is 1. The fourth-order valence-electron chi connectivity index (χ4n) is 5.56. The van der Waals surface area contributed by atoms with E-state index < -0.39 is 35.2 Å². The standard InChI is InChI=1S/C25H19ClF2N4O3/c26-19-3-1-11(27)5-15(19)22-21-14(7-13(29)8-16(21)23(33)31-22)18-9-35-25(18)10-32(24(30)34)20-4-2-12(28)6-17(20)25/h1-8,18,22H,9-10,29H2,(H2,30,34)(H,31,33). The summed E-state index contributed by atoms with van der Waals surface area (Å²) in [5.74, 6) is -1.75. The molecule has 0 bridgehead atoms. The maximum absolute atomic E-state index is 14.3. The van der Waals surface area contributed by atoms with E-state index in [9.17, 15) is 18.4 Å². The van der Waals surface area contributed by atoms with Crippen LogP contribution >= 0.6 is 11.6 Å². The van der Waals surface area contributed by atoms with Gasteiger partial charge < -0.3 is 21.5 Å². The topological polar surface area (TPSA) is 111 Å². The third-order valence-corrected chi connectivity index (χ3v) is 7.47. The number of urea groups is 1. The average Bonchev–Trinajstić information content (AvgIpc) is 3.31. The molecular weight excluding hydrogens is 478 g/mol. The number of benzene rings is 3. The lowest BCUT2D eigenvalue weighted by atomic mass is 9.71. The zero-order chi connectivity index (χ0) is 24.6. The summed E-state index contributed by atoms with van der Waals surface area (Å²) in [6, 6.07) is 9.92. The summed E-state index contributed by atoms with van der Waals surface area (Å²) in [7, 11) is 0. The van der Waals surface area contributed by atoms with Crippen molar-refractivity contribution in [3.05, 3.63) is 93.0 Å². The lowest BCUT2D eigenvalue weighted by Gasteiger charge is -2.48. The molecule has 0 aliphatic carbocycles. The molecule has 7 nitrogen and oxygen atoms in total. The minimum absolute atomic E-state index is 0.0715. The Hall–Kier alpha value is -3.69. The van der Waals surface area contributed by atoms with Crippen LogP contribution in [0.1, 0.15) is 44.6 Å². The van der Waals surface area contributed by atoms with Gasteiger partial charge >= 0.3 is 6.03 Å². The Morgan fingerprint density at radius 1 is 1.11 bits per heavy atom. The normalized spacial score (nSPS) is 24.2. The molecule has 1 fully saturated rings. The number of ether oxygens (including phenoxy) is 1. The number of fused-ring (bicyclic) bond motifs is 3. The number of halogens is 3. The van der Waals surface area contributed by atoms with Crippen LogP contribution in [0.25, 0.3) is 0 Å². The van der Waals surface area contributed by atoms with E-state index >= 15 is 0 Å². The Kier molecular flexibility index (Phi) is 4.61. The van der Waals surface area contributed by atoms with Crippen LogP contribution in [-0.4, -0.2) is 25.1 Å². The molecule has 0 aromatic heterocycles. The first kappa shape index (κ1) is 21.8. The Morgan fingerprint density at radius 3 is 2.57 bits per heavy atom. The fraction of sp³-hybridized carbons (Fsp3) is 0.200. The van der Waals surface area contributed by atoms with E-state index in [1.807, 2.05) is 0 Å². The van der Waals surface area contributed by atoms with Gasteiger partial charge in [0.05, 0.1) is 24.9 Å². The molecule has 0 saturated carbocycles. The molecule has 5 N–H and O–H groups in total. The number of amides is 3. The van der Waals surface area contributed by atoms with E-state index in [2.05, 4.69) is 5.32 Å². The number of rotatable bonds is 2. The smallest absolute Gasteiger partial charge is 0.319 e. The number of primary amides is 1. The van der Waals surface area contributed by atoms with Crippen LogP contribution in [0, 0.1) is 11.6 Å². The molecule has 3 unspecified atom stereocenters. The van der Waals surface area contributed by atoms with Crippen molar-refractivity contribution >= 4 is 34.9 Å². The van der Waals surface area contributed by atoms with E-state index in [0.29, 0.717) is 44.2 Å². The zero-order valence-corrected chi connectivity index (χ0v) is 18.9. The van der Waals surface area contributed by atoms with Crippen LogP contribution in [0.15, 0.2) is 48.5 Å². The van der Waals surface area contributed by atoms with Gasteiger partial charge in [0.2, 0.25) is 0 Å². The highest BCUT2D eigenvalue weighted by atomic mass is 35.5. The maximum atomic E-state index is 14.3. The van der Waals surface area contributed by atoms with Gasteiger partial charge in [-0.05, 0) is 59.7 Å². The molecule has 3 aliphatic heterocycles. The Morgan fingerprint density at radius 2 is 1.86 bits per heavy atom. The second-order valence-electron chi connectivity index (χ2n) is 8.98. The molecule has 1 saturated heterocycles. The summed E-state index contributed by atoms with van der Waals surface area (Å²) < 4.78 is 34.5. The molecule has 3 atom stereocenters. The van der Waals surface area contributed by atoms with Gasteiger partial charge in [0.15, 0.2) is 0 Å². The van der Waals surface area contributed by atoms with Gasteiger partial charge in [-0.25, -0.2) is 13.6 Å². The second-order valence-corrected chi connectivity index (χ2v) is 9.39. The Labute approximate surface area is 203 Å². The Bertz CT molecular complexity index is 1450. The van der Waals surface area contributed by atoms with Crippen LogP contribution in [0.3, 0.4) is 0 Å². The lowest BCUT2D eigenvalue weighted by molar-refractivity contribution is -0.166. The highest BCUT2D eigenvalue weighted by Gasteiger charge is 2.58. The maximum Gasteiger partial charge on any atom is 0.319 e. The molecule has 3 heterocycles. The molecule has 0 radical (unpaired) electrons. The van der Waals surface area contributed by atoms with E-state index in [1.165, 1.54) is 41.3 Å². The third-order valence-electron chi connectivity index (χ3n) is 7.12. The van der Waals surface area contributed by atoms with Gasteiger partial charge in [0.25, 0.3) is 5.91 Å². The first-order chi connectivity index (χ1) is 16.7. The van der Waals surface area contributed by atoms with Gasteiger partial charge in [-0.3, -0.25) is 9.69 Å². The van der Waals surface area contributed by atoms with E-state index in [0.717, 1.165) is 0 Å². The van der Waals surface area contributed by atoms with Crippen LogP contribution in [0.2, 0.25) is 5.02 Å². The average molecular weight is 497 g/mol. The fourth-order valence-corrected chi connectivity index (χ4v) is 5.79. The number of anilines is 2. The van der Waals surface area contributed by atoms with E-state index in [-0.39, 0.29) is 19.1 Å². The predicted octanol–water partition coefficient (Wildman–Crippen LogP) is 3.94. The first-order valence-electron chi connectivity index (χ1n) is 10.9. The van der Waals surface area contributed by atoms with Crippen molar-refractivity contribution in [2.24, 2.45) is 5.73 Å². The number of nitrogens with zero attached hydrogens (tertiary/aromatic N) is 1. The van der Waals surface area contributed by atoms with Crippen molar-refractivity contribution in [1.29, 1.82) is 0 Å². The van der Waals surface area contributed by atoms with Gasteiger partial charge in [-0.1, -0.05) is 11.6 Å². The summed E-state index contributed by atoms with van der Waals surface area (Å²) >= 11 is 6.39. The molecule has 6 rings (SSSR count). The quantitative estimate of drug-likeness (QED) is 0.467. The van der Waals surface area contributed by atoms with E-state index in [1.54, 1.807) is 12.1 Å². The van der Waals surface area contributed by atoms with Crippen molar-refractivity contribution < 1.29 is 23.1 Å². The van der Waals surface area contributed by atoms with Crippen LogP contribution in [-0.2, 0) is 10.3 Å². The minimum atomic E-state index is -1.09. The molecular formula is C25H19ClF2N4O3. The van der Waals surface area contributed by atoms with Gasteiger partial charge in [0, 0.05) is 33.3 Å². The van der Waals surface area contributed by atoms with Crippen molar-refractivity contribution in [3.8, 4) is 0 Å². The zero-order valence-electron chi connectivity index (χ0n) is 18.1. The Balaban J connectivity index is 1.54. The first-order valence-corrected chi connectivity index (χ1v) is 11.3. The molecule has 1 spiro atoms. The molecule has 3 aromatic carbocycles. The molecule has 10 heteroatoms. The van der Waals surface area contributed by atoms with Crippen molar-refractivity contribution in [2.45, 2.75) is 17.6 Å². The van der Waals surface area contributed by atoms with Crippen molar-refractivity contribution in [3.63, 3.8) is 0 Å². The predicted molar refractivity (Wildman–Crippen MR) is 125 cm³/mol. The molecule has 35 heavy (non-hydrogen) atoms. The summed E-state index contributed by atoms with van der Waals surface area (Å²) in [6.07, 6.45) is 0. The third kappa shape index (κ3) is 3.05. The second kappa shape index (κ2) is 7.40. The summed E-state index contributed by atoms with van der Waals surface area (Å²) in [5.41, 5.74) is 14.0. The largest absolute Gasteiger partial charge is 0.399 e. The lowest BCUT2D eigenvalue weighted by Crippen LogP contribution is -2.53. The number of nitrogens with two attached hydrogens (primary N) is 2. The molecule has 3 amide bonds. The number of nitrogens with one attached hydrogen (secondary N) is 1. The number of carbonyl (C=O) groups is 2. The van der Waals surface area contributed by atoms with Gasteiger partial charge in [0.1, 0.15) is 17.2 Å². The van der Waals surface area contributed by atoms with Crippen LogP contribution in [0.5, 0.6) is 0 Å². The van der Waals surface area contributed by atoms with Crippen LogP contribution < -0.4 is 21.7 Å². The van der Waals surface area contributed by atoms with Gasteiger partial charge in [-0.2, -0.15) is 0 Å². The highest BCUT2D eigenvalue weighted by molar-refractivity contribution is 6.31. The molecule has 178 valence electrons. The highest BCUT2D eigenvalue weighted by Crippen LogP contribution is 2.57. The molecule has 3 aliphatic rings. The summed E-state index contributed by atoms with van der Waals surface area (Å²) in [4.78, 5) is 26.5.